The zero-order chi connectivity index (χ0) is 14.9. The smallest absolute Gasteiger partial charge is 0.133 e. The largest absolute Gasteiger partial charge is 0.370 e. The molecule has 2 aliphatic rings. The molecule has 0 unspecified atom stereocenters. The van der Waals surface area contributed by atoms with E-state index in [2.05, 4.69) is 41.2 Å². The molecule has 2 aromatic rings. The fraction of sp³-hybridized carbons (Fsp3) is 0.526. The molecule has 3 heteroatoms. The molecule has 116 valence electrons. The summed E-state index contributed by atoms with van der Waals surface area (Å²) in [6.07, 6.45) is 8.80. The van der Waals surface area contributed by atoms with Crippen molar-refractivity contribution in [3.63, 3.8) is 0 Å². The molecule has 4 rings (SSSR count). The van der Waals surface area contributed by atoms with Gasteiger partial charge in [-0.05, 0) is 56.2 Å². The van der Waals surface area contributed by atoms with Crippen molar-refractivity contribution in [1.82, 2.24) is 9.78 Å². The molecular formula is C19H25N3. The topological polar surface area (TPSA) is 29.9 Å². The Labute approximate surface area is 132 Å². The molecule has 2 heterocycles. The van der Waals surface area contributed by atoms with E-state index in [1.165, 1.54) is 66.9 Å². The number of aryl methyl sites for hydroxylation is 1. The quantitative estimate of drug-likeness (QED) is 0.906. The summed E-state index contributed by atoms with van der Waals surface area (Å²) in [4.78, 5) is 0. The maximum atomic E-state index is 5.04. The van der Waals surface area contributed by atoms with Crippen molar-refractivity contribution >= 4 is 5.82 Å². The SMILES string of the molecule is CCc1ccc(-n2nc(C3CCC3)c3c2NCCCC3)cc1. The summed E-state index contributed by atoms with van der Waals surface area (Å²) in [5.41, 5.74) is 5.43. The standard InChI is InChI=1S/C19H25N3/c1-2-14-9-11-16(12-10-14)22-19-17(8-3-4-13-20-19)18(21-22)15-6-5-7-15/h9-12,15,20H,2-8,13H2,1H3. The van der Waals surface area contributed by atoms with Crippen molar-refractivity contribution in [1.29, 1.82) is 0 Å². The van der Waals surface area contributed by atoms with E-state index >= 15 is 0 Å². The van der Waals surface area contributed by atoms with Crippen LogP contribution < -0.4 is 5.32 Å². The molecule has 0 spiro atoms. The van der Waals surface area contributed by atoms with Crippen LogP contribution in [0.2, 0.25) is 0 Å². The summed E-state index contributed by atoms with van der Waals surface area (Å²) in [6.45, 7) is 3.26. The number of aromatic nitrogens is 2. The van der Waals surface area contributed by atoms with Crippen LogP contribution in [0.3, 0.4) is 0 Å². The highest BCUT2D eigenvalue weighted by atomic mass is 15.3. The van der Waals surface area contributed by atoms with Gasteiger partial charge in [0.15, 0.2) is 0 Å². The number of anilines is 1. The van der Waals surface area contributed by atoms with Gasteiger partial charge in [-0.1, -0.05) is 25.5 Å². The average molecular weight is 295 g/mol. The summed E-state index contributed by atoms with van der Waals surface area (Å²) in [7, 11) is 0. The van der Waals surface area contributed by atoms with Crippen LogP contribution in [0.5, 0.6) is 0 Å². The van der Waals surface area contributed by atoms with E-state index < -0.39 is 0 Å². The molecule has 1 aromatic carbocycles. The lowest BCUT2D eigenvalue weighted by Gasteiger charge is -2.24. The highest BCUT2D eigenvalue weighted by Crippen LogP contribution is 2.41. The zero-order valence-electron chi connectivity index (χ0n) is 13.4. The summed E-state index contributed by atoms with van der Waals surface area (Å²) in [6, 6.07) is 8.87. The molecule has 3 nitrogen and oxygen atoms in total. The van der Waals surface area contributed by atoms with Crippen molar-refractivity contribution in [3.8, 4) is 5.69 Å². The monoisotopic (exact) mass is 295 g/mol. The third-order valence-corrected chi connectivity index (χ3v) is 5.24. The van der Waals surface area contributed by atoms with E-state index in [-0.39, 0.29) is 0 Å². The third-order valence-electron chi connectivity index (χ3n) is 5.24. The van der Waals surface area contributed by atoms with Gasteiger partial charge in [0, 0.05) is 18.0 Å². The number of hydrogen-bond acceptors (Lipinski definition) is 2. The van der Waals surface area contributed by atoms with Crippen LogP contribution >= 0.6 is 0 Å². The Kier molecular flexibility index (Phi) is 3.65. The van der Waals surface area contributed by atoms with E-state index in [1.807, 2.05) is 0 Å². The molecule has 1 saturated carbocycles. The van der Waals surface area contributed by atoms with Gasteiger partial charge in [-0.2, -0.15) is 5.10 Å². The Morgan fingerprint density at radius 1 is 1.14 bits per heavy atom. The summed E-state index contributed by atoms with van der Waals surface area (Å²) >= 11 is 0. The number of fused-ring (bicyclic) bond motifs is 1. The average Bonchev–Trinajstić information content (AvgIpc) is 2.70. The van der Waals surface area contributed by atoms with Crippen LogP contribution in [-0.2, 0) is 12.8 Å². The van der Waals surface area contributed by atoms with Crippen molar-refractivity contribution in [3.05, 3.63) is 41.1 Å². The molecule has 22 heavy (non-hydrogen) atoms. The highest BCUT2D eigenvalue weighted by Gasteiger charge is 2.29. The molecule has 1 aliphatic carbocycles. The molecular weight excluding hydrogens is 270 g/mol. The number of nitrogens with zero attached hydrogens (tertiary/aromatic N) is 2. The van der Waals surface area contributed by atoms with Gasteiger partial charge in [0.25, 0.3) is 0 Å². The van der Waals surface area contributed by atoms with E-state index in [0.29, 0.717) is 5.92 Å². The molecule has 1 fully saturated rings. The predicted molar refractivity (Wildman–Crippen MR) is 91.0 cm³/mol. The van der Waals surface area contributed by atoms with Crippen LogP contribution in [0.25, 0.3) is 5.69 Å². The maximum Gasteiger partial charge on any atom is 0.133 e. The van der Waals surface area contributed by atoms with Gasteiger partial charge >= 0.3 is 0 Å². The lowest BCUT2D eigenvalue weighted by atomic mass is 9.81. The van der Waals surface area contributed by atoms with Gasteiger partial charge in [-0.25, -0.2) is 4.68 Å². The van der Waals surface area contributed by atoms with Crippen molar-refractivity contribution < 1.29 is 0 Å². The first-order valence-electron chi connectivity index (χ1n) is 8.82. The predicted octanol–water partition coefficient (Wildman–Crippen LogP) is 4.45. The minimum atomic E-state index is 0.699. The van der Waals surface area contributed by atoms with Crippen molar-refractivity contribution in [2.24, 2.45) is 0 Å². The number of hydrogen-bond donors (Lipinski definition) is 1. The fourth-order valence-corrected chi connectivity index (χ4v) is 3.60. The summed E-state index contributed by atoms with van der Waals surface area (Å²) in [5, 5.41) is 8.68. The first kappa shape index (κ1) is 13.9. The van der Waals surface area contributed by atoms with Crippen LogP contribution in [0, 0.1) is 0 Å². The molecule has 0 atom stereocenters. The summed E-state index contributed by atoms with van der Waals surface area (Å²) < 4.78 is 2.16. The number of rotatable bonds is 3. The molecule has 1 aliphatic heterocycles. The molecule has 0 radical (unpaired) electrons. The van der Waals surface area contributed by atoms with Gasteiger partial charge < -0.3 is 5.32 Å². The van der Waals surface area contributed by atoms with Gasteiger partial charge in [0.1, 0.15) is 5.82 Å². The van der Waals surface area contributed by atoms with Crippen LogP contribution in [0.4, 0.5) is 5.82 Å². The number of benzene rings is 1. The fourth-order valence-electron chi connectivity index (χ4n) is 3.60. The van der Waals surface area contributed by atoms with E-state index in [9.17, 15) is 0 Å². The van der Waals surface area contributed by atoms with Gasteiger partial charge in [-0.15, -0.1) is 0 Å². The van der Waals surface area contributed by atoms with E-state index in [0.717, 1.165) is 13.0 Å². The first-order valence-corrected chi connectivity index (χ1v) is 8.82. The van der Waals surface area contributed by atoms with Gasteiger partial charge in [0.2, 0.25) is 0 Å². The second-order valence-electron chi connectivity index (χ2n) is 6.66. The van der Waals surface area contributed by atoms with Crippen LogP contribution in [0.1, 0.15) is 61.8 Å². The normalized spacial score (nSPS) is 18.2. The van der Waals surface area contributed by atoms with E-state index in [4.69, 9.17) is 5.10 Å². The Morgan fingerprint density at radius 3 is 2.64 bits per heavy atom. The van der Waals surface area contributed by atoms with Crippen molar-refractivity contribution in [2.75, 3.05) is 11.9 Å². The van der Waals surface area contributed by atoms with Gasteiger partial charge in [0.05, 0.1) is 11.4 Å². The van der Waals surface area contributed by atoms with Crippen LogP contribution in [-0.4, -0.2) is 16.3 Å². The third kappa shape index (κ3) is 2.33. The summed E-state index contributed by atoms with van der Waals surface area (Å²) in [5.74, 6) is 1.95. The van der Waals surface area contributed by atoms with Crippen molar-refractivity contribution in [2.45, 2.75) is 57.8 Å². The lowest BCUT2D eigenvalue weighted by molar-refractivity contribution is 0.406. The first-order chi connectivity index (χ1) is 10.9. The second kappa shape index (κ2) is 5.79. The molecule has 1 aromatic heterocycles. The van der Waals surface area contributed by atoms with Gasteiger partial charge in [-0.3, -0.25) is 0 Å². The Morgan fingerprint density at radius 2 is 1.95 bits per heavy atom. The number of nitrogens with one attached hydrogen (secondary N) is 1. The molecule has 0 bridgehead atoms. The molecule has 0 saturated heterocycles. The van der Waals surface area contributed by atoms with Crippen LogP contribution in [0.15, 0.2) is 24.3 Å². The lowest BCUT2D eigenvalue weighted by Crippen LogP contribution is -2.11. The second-order valence-corrected chi connectivity index (χ2v) is 6.66. The Hall–Kier alpha value is -1.77. The zero-order valence-corrected chi connectivity index (χ0v) is 13.4. The molecule has 1 N–H and O–H groups in total. The Bertz CT molecular complexity index is 650. The minimum Gasteiger partial charge on any atom is -0.370 e. The van der Waals surface area contributed by atoms with E-state index in [1.54, 1.807) is 0 Å². The molecule has 0 amide bonds. The Balaban J connectivity index is 1.78. The highest BCUT2D eigenvalue weighted by molar-refractivity contribution is 5.55. The minimum absolute atomic E-state index is 0.699. The maximum absolute atomic E-state index is 5.04.